The minimum Gasteiger partial charge on any atom is -0.316 e. The first-order valence-corrected chi connectivity index (χ1v) is 8.05. The van der Waals surface area contributed by atoms with Crippen molar-refractivity contribution in [1.29, 1.82) is 0 Å². The zero-order chi connectivity index (χ0) is 15.5. The number of halogens is 4. The Balaban J connectivity index is 2.12. The number of likely N-dealkylation sites (N-methyl/N-ethyl adjacent to an activating group) is 1. The van der Waals surface area contributed by atoms with Gasteiger partial charge in [-0.1, -0.05) is 12.8 Å². The number of hydrogen-bond donors (Lipinski definition) is 1. The molecule has 21 heavy (non-hydrogen) atoms. The predicted molar refractivity (Wildman–Crippen MR) is 80.0 cm³/mol. The molecule has 0 radical (unpaired) electrons. The van der Waals surface area contributed by atoms with E-state index in [-0.39, 0.29) is 18.4 Å². The van der Waals surface area contributed by atoms with Gasteiger partial charge in [-0.3, -0.25) is 4.98 Å². The second kappa shape index (κ2) is 7.09. The average molecular weight is 365 g/mol. The molecule has 1 aliphatic rings. The molecule has 0 aromatic carbocycles. The summed E-state index contributed by atoms with van der Waals surface area (Å²) in [6.45, 7) is 0. The molecular weight excluding hydrogens is 345 g/mol. The van der Waals surface area contributed by atoms with Crippen molar-refractivity contribution >= 4 is 15.9 Å². The Hall–Kier alpha value is -0.620. The lowest BCUT2D eigenvalue weighted by Gasteiger charge is -2.38. The summed E-state index contributed by atoms with van der Waals surface area (Å²) in [4.78, 5) is 4.28. The highest BCUT2D eigenvalue weighted by Crippen LogP contribution is 2.43. The van der Waals surface area contributed by atoms with Gasteiger partial charge in [-0.25, -0.2) is 0 Å². The first-order valence-electron chi connectivity index (χ1n) is 7.26. The topological polar surface area (TPSA) is 24.9 Å². The zero-order valence-corrected chi connectivity index (χ0v) is 13.5. The van der Waals surface area contributed by atoms with Crippen molar-refractivity contribution < 1.29 is 13.2 Å². The molecule has 118 valence electrons. The molecule has 2 rings (SSSR count). The van der Waals surface area contributed by atoms with E-state index in [1.807, 2.05) is 12.1 Å². The van der Waals surface area contributed by atoms with Gasteiger partial charge in [-0.15, -0.1) is 0 Å². The number of hydrogen-bond acceptors (Lipinski definition) is 2. The van der Waals surface area contributed by atoms with Crippen LogP contribution in [0.5, 0.6) is 0 Å². The van der Waals surface area contributed by atoms with Crippen LogP contribution in [-0.2, 0) is 6.42 Å². The lowest BCUT2D eigenvalue weighted by molar-refractivity contribution is -0.199. The minimum absolute atomic E-state index is 0.189. The Bertz CT molecular complexity index is 447. The van der Waals surface area contributed by atoms with E-state index < -0.39 is 12.1 Å². The molecule has 1 heterocycles. The Labute approximate surface area is 131 Å². The van der Waals surface area contributed by atoms with Crippen LogP contribution in [0.4, 0.5) is 13.2 Å². The van der Waals surface area contributed by atoms with E-state index in [9.17, 15) is 13.2 Å². The normalized spacial score (nSPS) is 24.8. The third-order valence-corrected chi connectivity index (χ3v) is 4.81. The molecule has 0 spiro atoms. The van der Waals surface area contributed by atoms with Crippen molar-refractivity contribution in [2.45, 2.75) is 44.3 Å². The largest absolute Gasteiger partial charge is 0.392 e. The van der Waals surface area contributed by atoms with Crippen LogP contribution < -0.4 is 5.32 Å². The Morgan fingerprint density at radius 3 is 2.62 bits per heavy atom. The van der Waals surface area contributed by atoms with E-state index in [1.165, 1.54) is 0 Å². The summed E-state index contributed by atoms with van der Waals surface area (Å²) in [6, 6.07) is 3.54. The van der Waals surface area contributed by atoms with Gasteiger partial charge >= 0.3 is 6.18 Å². The molecule has 3 unspecified atom stereocenters. The predicted octanol–water partition coefficient (Wildman–Crippen LogP) is 4.34. The maximum atomic E-state index is 13.2. The highest BCUT2D eigenvalue weighted by Gasteiger charge is 2.47. The van der Waals surface area contributed by atoms with Crippen LogP contribution in [0.2, 0.25) is 0 Å². The number of nitrogens with one attached hydrogen (secondary N) is 1. The monoisotopic (exact) mass is 364 g/mol. The van der Waals surface area contributed by atoms with Crippen molar-refractivity contribution in [3.8, 4) is 0 Å². The van der Waals surface area contributed by atoms with Gasteiger partial charge in [-0.05, 0) is 53.9 Å². The maximum Gasteiger partial charge on any atom is 0.392 e. The second-order valence-corrected chi connectivity index (χ2v) is 6.58. The summed E-state index contributed by atoms with van der Waals surface area (Å²) in [7, 11) is 1.74. The minimum atomic E-state index is -4.10. The number of rotatable bonds is 4. The summed E-state index contributed by atoms with van der Waals surface area (Å²) in [5, 5.41) is 3.09. The van der Waals surface area contributed by atoms with E-state index in [1.54, 1.807) is 13.2 Å². The summed E-state index contributed by atoms with van der Waals surface area (Å²) in [5.41, 5.74) is 0.823. The van der Waals surface area contributed by atoms with Gasteiger partial charge in [0.25, 0.3) is 0 Å². The summed E-state index contributed by atoms with van der Waals surface area (Å²) in [5.74, 6) is -1.56. The molecule has 2 nitrogen and oxygen atoms in total. The number of pyridine rings is 1. The van der Waals surface area contributed by atoms with Crippen molar-refractivity contribution in [1.82, 2.24) is 10.3 Å². The van der Waals surface area contributed by atoms with Crippen LogP contribution in [-0.4, -0.2) is 24.2 Å². The van der Waals surface area contributed by atoms with Gasteiger partial charge in [0.05, 0.1) is 5.92 Å². The average Bonchev–Trinajstić information content (AvgIpc) is 2.46. The van der Waals surface area contributed by atoms with Crippen LogP contribution in [0.3, 0.4) is 0 Å². The third kappa shape index (κ3) is 4.42. The quantitative estimate of drug-likeness (QED) is 0.859. The molecule has 0 bridgehead atoms. The van der Waals surface area contributed by atoms with Gasteiger partial charge in [0.2, 0.25) is 0 Å². The van der Waals surface area contributed by atoms with Gasteiger partial charge in [0.1, 0.15) is 0 Å². The number of nitrogens with zero attached hydrogens (tertiary/aromatic N) is 1. The lowest BCUT2D eigenvalue weighted by Crippen LogP contribution is -2.45. The van der Waals surface area contributed by atoms with Gasteiger partial charge < -0.3 is 5.32 Å². The number of aromatic nitrogens is 1. The number of alkyl halides is 3. The first-order chi connectivity index (χ1) is 9.91. The molecular formula is C15H20BrF3N2. The van der Waals surface area contributed by atoms with E-state index in [4.69, 9.17) is 0 Å². The molecule has 0 aliphatic heterocycles. The Morgan fingerprint density at radius 2 is 2.05 bits per heavy atom. The molecule has 1 aliphatic carbocycles. The molecule has 1 aromatic rings. The van der Waals surface area contributed by atoms with Gasteiger partial charge in [-0.2, -0.15) is 13.2 Å². The molecule has 0 amide bonds. The fraction of sp³-hybridized carbons (Fsp3) is 0.667. The van der Waals surface area contributed by atoms with Crippen molar-refractivity contribution in [2.24, 2.45) is 11.8 Å². The van der Waals surface area contributed by atoms with Crippen molar-refractivity contribution in [2.75, 3.05) is 7.05 Å². The fourth-order valence-electron chi connectivity index (χ4n) is 3.27. The first kappa shape index (κ1) is 16.7. The van der Waals surface area contributed by atoms with Gasteiger partial charge in [0, 0.05) is 28.8 Å². The van der Waals surface area contributed by atoms with E-state index >= 15 is 0 Å². The van der Waals surface area contributed by atoms with E-state index in [0.717, 1.165) is 16.6 Å². The lowest BCUT2D eigenvalue weighted by atomic mass is 9.73. The van der Waals surface area contributed by atoms with Crippen LogP contribution in [0.25, 0.3) is 0 Å². The molecule has 1 saturated carbocycles. The third-order valence-electron chi connectivity index (χ3n) is 4.35. The highest BCUT2D eigenvalue weighted by atomic mass is 79.9. The summed E-state index contributed by atoms with van der Waals surface area (Å²) < 4.78 is 40.6. The maximum absolute atomic E-state index is 13.2. The molecule has 6 heteroatoms. The highest BCUT2D eigenvalue weighted by molar-refractivity contribution is 9.10. The summed E-state index contributed by atoms with van der Waals surface area (Å²) in [6.07, 6.45) is 0.543. The van der Waals surface area contributed by atoms with Gasteiger partial charge in [0.15, 0.2) is 0 Å². The van der Waals surface area contributed by atoms with Crippen LogP contribution in [0.1, 0.15) is 31.4 Å². The molecule has 1 N–H and O–H groups in total. The van der Waals surface area contributed by atoms with Crippen LogP contribution >= 0.6 is 15.9 Å². The molecule has 0 saturated heterocycles. The second-order valence-electron chi connectivity index (χ2n) is 5.66. The smallest absolute Gasteiger partial charge is 0.316 e. The molecule has 1 aromatic heterocycles. The summed E-state index contributed by atoms with van der Waals surface area (Å²) >= 11 is 3.31. The van der Waals surface area contributed by atoms with E-state index in [2.05, 4.69) is 26.2 Å². The standard InChI is InChI=1S/C15H20BrF3N2/c1-20-14(8-11-7-6-10(16)9-21-11)12-4-2-3-5-13(12)15(17,18)19/h6-7,9,12-14,20H,2-5,8H2,1H3. The Kier molecular flexibility index (Phi) is 5.66. The fourth-order valence-corrected chi connectivity index (χ4v) is 3.50. The molecule has 1 fully saturated rings. The van der Waals surface area contributed by atoms with Crippen molar-refractivity contribution in [3.05, 3.63) is 28.5 Å². The SMILES string of the molecule is CNC(Cc1ccc(Br)cn1)C1CCCCC1C(F)(F)F. The van der Waals surface area contributed by atoms with Crippen LogP contribution in [0.15, 0.2) is 22.8 Å². The zero-order valence-electron chi connectivity index (χ0n) is 12.0. The van der Waals surface area contributed by atoms with Crippen molar-refractivity contribution in [3.63, 3.8) is 0 Å². The van der Waals surface area contributed by atoms with E-state index in [0.29, 0.717) is 19.3 Å². The van der Waals surface area contributed by atoms with Crippen LogP contribution in [0, 0.1) is 11.8 Å². The Morgan fingerprint density at radius 1 is 1.33 bits per heavy atom. The molecule has 3 atom stereocenters.